The van der Waals surface area contributed by atoms with Gasteiger partial charge < -0.3 is 10.1 Å². The molecule has 0 aliphatic rings. The highest BCUT2D eigenvalue weighted by molar-refractivity contribution is 5.84. The van der Waals surface area contributed by atoms with E-state index in [1.54, 1.807) is 0 Å². The molecule has 0 saturated heterocycles. The molecule has 20 heavy (non-hydrogen) atoms. The standard InChI is InChI=1S/C16H31NO3/c1-8-12(4)14(15(19)20-16(5,6)7)17-13(18)10-9-11(2)3/h11-12,14H,8-10H2,1-7H3,(H,17,18)/t12-,14-/m0/s1. The Kier molecular flexibility index (Phi) is 7.84. The van der Waals surface area contributed by atoms with Gasteiger partial charge in [-0.25, -0.2) is 4.79 Å². The van der Waals surface area contributed by atoms with Gasteiger partial charge in [-0.15, -0.1) is 0 Å². The molecule has 0 radical (unpaired) electrons. The van der Waals surface area contributed by atoms with Crippen molar-refractivity contribution in [2.75, 3.05) is 0 Å². The van der Waals surface area contributed by atoms with Gasteiger partial charge in [-0.05, 0) is 39.0 Å². The lowest BCUT2D eigenvalue weighted by molar-refractivity contribution is -0.160. The number of nitrogens with one attached hydrogen (secondary N) is 1. The van der Waals surface area contributed by atoms with Crippen LogP contribution >= 0.6 is 0 Å². The van der Waals surface area contributed by atoms with Gasteiger partial charge in [0.15, 0.2) is 0 Å². The average Bonchev–Trinajstić information content (AvgIpc) is 2.30. The zero-order chi connectivity index (χ0) is 15.9. The van der Waals surface area contributed by atoms with Crippen LogP contribution in [-0.2, 0) is 14.3 Å². The van der Waals surface area contributed by atoms with Gasteiger partial charge in [-0.1, -0.05) is 34.1 Å². The normalized spacial score (nSPS) is 14.8. The predicted molar refractivity (Wildman–Crippen MR) is 81.3 cm³/mol. The van der Waals surface area contributed by atoms with Gasteiger partial charge >= 0.3 is 5.97 Å². The summed E-state index contributed by atoms with van der Waals surface area (Å²) in [5, 5.41) is 2.83. The van der Waals surface area contributed by atoms with E-state index >= 15 is 0 Å². The SMILES string of the molecule is CC[C@H](C)[C@H](NC(=O)CCC(C)C)C(=O)OC(C)(C)C. The van der Waals surface area contributed by atoms with Gasteiger partial charge in [-0.3, -0.25) is 4.79 Å². The van der Waals surface area contributed by atoms with Crippen LogP contribution in [0.25, 0.3) is 0 Å². The van der Waals surface area contributed by atoms with Crippen LogP contribution in [-0.4, -0.2) is 23.5 Å². The zero-order valence-electron chi connectivity index (χ0n) is 14.1. The molecule has 118 valence electrons. The van der Waals surface area contributed by atoms with E-state index in [0.717, 1.165) is 12.8 Å². The molecule has 4 heteroatoms. The third kappa shape index (κ3) is 8.18. The summed E-state index contributed by atoms with van der Waals surface area (Å²) in [7, 11) is 0. The molecule has 0 fully saturated rings. The minimum Gasteiger partial charge on any atom is -0.458 e. The van der Waals surface area contributed by atoms with Gasteiger partial charge in [0.25, 0.3) is 0 Å². The summed E-state index contributed by atoms with van der Waals surface area (Å²) in [6.45, 7) is 13.6. The lowest BCUT2D eigenvalue weighted by atomic mass is 9.98. The van der Waals surface area contributed by atoms with Gasteiger partial charge in [0, 0.05) is 6.42 Å². The summed E-state index contributed by atoms with van der Waals surface area (Å²) in [5.74, 6) is 0.122. The minimum atomic E-state index is -0.557. The number of ether oxygens (including phenoxy) is 1. The van der Waals surface area contributed by atoms with E-state index in [4.69, 9.17) is 4.74 Å². The van der Waals surface area contributed by atoms with Gasteiger partial charge in [-0.2, -0.15) is 0 Å². The molecule has 1 amide bonds. The summed E-state index contributed by atoms with van der Waals surface area (Å²) >= 11 is 0. The number of carbonyl (C=O) groups is 2. The minimum absolute atomic E-state index is 0.0628. The number of amides is 1. The van der Waals surface area contributed by atoms with Crippen molar-refractivity contribution in [3.8, 4) is 0 Å². The first-order valence-electron chi connectivity index (χ1n) is 7.59. The number of carbonyl (C=O) groups excluding carboxylic acids is 2. The Labute approximate surface area is 123 Å². The van der Waals surface area contributed by atoms with Crippen LogP contribution in [0, 0.1) is 11.8 Å². The molecule has 0 aliphatic heterocycles. The Morgan fingerprint density at radius 1 is 1.15 bits per heavy atom. The first-order chi connectivity index (χ1) is 9.06. The summed E-state index contributed by atoms with van der Waals surface area (Å²) in [4.78, 5) is 24.1. The topological polar surface area (TPSA) is 55.4 Å². The smallest absolute Gasteiger partial charge is 0.329 e. The van der Waals surface area contributed by atoms with Crippen LogP contribution in [0.2, 0.25) is 0 Å². The lowest BCUT2D eigenvalue weighted by Gasteiger charge is -2.27. The fourth-order valence-electron chi connectivity index (χ4n) is 1.70. The highest BCUT2D eigenvalue weighted by Gasteiger charge is 2.30. The summed E-state index contributed by atoms with van der Waals surface area (Å²) in [6.07, 6.45) is 2.09. The van der Waals surface area contributed by atoms with Crippen molar-refractivity contribution in [2.45, 2.75) is 79.4 Å². The quantitative estimate of drug-likeness (QED) is 0.730. The molecular weight excluding hydrogens is 254 g/mol. The van der Waals surface area contributed by atoms with Crippen molar-refractivity contribution in [3.05, 3.63) is 0 Å². The largest absolute Gasteiger partial charge is 0.458 e. The molecule has 0 rings (SSSR count). The van der Waals surface area contributed by atoms with E-state index in [-0.39, 0.29) is 17.8 Å². The van der Waals surface area contributed by atoms with Crippen LogP contribution in [0.4, 0.5) is 0 Å². The number of hydrogen-bond acceptors (Lipinski definition) is 3. The molecule has 4 nitrogen and oxygen atoms in total. The molecule has 0 unspecified atom stereocenters. The third-order valence-corrected chi connectivity index (χ3v) is 3.14. The summed E-state index contributed by atoms with van der Waals surface area (Å²) in [5.41, 5.74) is -0.536. The maximum absolute atomic E-state index is 12.2. The molecule has 0 aromatic rings. The monoisotopic (exact) mass is 285 g/mol. The van der Waals surface area contributed by atoms with Gasteiger partial charge in [0.05, 0.1) is 0 Å². The first-order valence-corrected chi connectivity index (χ1v) is 7.59. The second kappa shape index (κ2) is 8.28. The Hall–Kier alpha value is -1.06. The molecule has 0 aliphatic carbocycles. The molecule has 2 atom stereocenters. The van der Waals surface area contributed by atoms with E-state index in [1.165, 1.54) is 0 Å². The summed E-state index contributed by atoms with van der Waals surface area (Å²) in [6, 6.07) is -0.557. The Morgan fingerprint density at radius 2 is 1.70 bits per heavy atom. The van der Waals surface area contributed by atoms with Crippen molar-refractivity contribution < 1.29 is 14.3 Å². The maximum Gasteiger partial charge on any atom is 0.329 e. The van der Waals surface area contributed by atoms with Crippen molar-refractivity contribution in [3.63, 3.8) is 0 Å². The Balaban J connectivity index is 4.65. The van der Waals surface area contributed by atoms with Crippen LogP contribution in [0.3, 0.4) is 0 Å². The molecule has 0 heterocycles. The van der Waals surface area contributed by atoms with Crippen molar-refractivity contribution in [2.24, 2.45) is 11.8 Å². The van der Waals surface area contributed by atoms with Crippen LogP contribution in [0.1, 0.15) is 67.7 Å². The van der Waals surface area contributed by atoms with Gasteiger partial charge in [0.1, 0.15) is 11.6 Å². The number of esters is 1. The Bertz CT molecular complexity index is 318. The highest BCUT2D eigenvalue weighted by Crippen LogP contribution is 2.15. The van der Waals surface area contributed by atoms with E-state index < -0.39 is 11.6 Å². The maximum atomic E-state index is 12.2. The molecule has 0 saturated carbocycles. The first kappa shape index (κ1) is 18.9. The highest BCUT2D eigenvalue weighted by atomic mass is 16.6. The number of hydrogen-bond donors (Lipinski definition) is 1. The lowest BCUT2D eigenvalue weighted by Crippen LogP contribution is -2.47. The van der Waals surface area contributed by atoms with Crippen molar-refractivity contribution in [1.29, 1.82) is 0 Å². The summed E-state index contributed by atoms with van der Waals surface area (Å²) < 4.78 is 5.40. The molecule has 0 spiro atoms. The fourth-order valence-corrected chi connectivity index (χ4v) is 1.70. The second-order valence-corrected chi connectivity index (χ2v) is 6.90. The zero-order valence-corrected chi connectivity index (χ0v) is 14.1. The van der Waals surface area contributed by atoms with Crippen molar-refractivity contribution >= 4 is 11.9 Å². The Morgan fingerprint density at radius 3 is 2.10 bits per heavy atom. The van der Waals surface area contributed by atoms with E-state index in [0.29, 0.717) is 12.3 Å². The molecule has 0 aromatic carbocycles. The molecule has 1 N–H and O–H groups in total. The molecular formula is C16H31NO3. The van der Waals surface area contributed by atoms with Crippen LogP contribution < -0.4 is 5.32 Å². The average molecular weight is 285 g/mol. The van der Waals surface area contributed by atoms with Crippen molar-refractivity contribution in [1.82, 2.24) is 5.32 Å². The number of rotatable bonds is 7. The molecule has 0 aromatic heterocycles. The third-order valence-electron chi connectivity index (χ3n) is 3.14. The van der Waals surface area contributed by atoms with E-state index in [9.17, 15) is 9.59 Å². The van der Waals surface area contributed by atoms with Crippen LogP contribution in [0.5, 0.6) is 0 Å². The second-order valence-electron chi connectivity index (χ2n) is 6.90. The van der Waals surface area contributed by atoms with Crippen LogP contribution in [0.15, 0.2) is 0 Å². The predicted octanol–water partition coefficient (Wildman–Crippen LogP) is 3.30. The van der Waals surface area contributed by atoms with Gasteiger partial charge in [0.2, 0.25) is 5.91 Å². The fraction of sp³-hybridized carbons (Fsp3) is 0.875. The van der Waals surface area contributed by atoms with E-state index in [1.807, 2.05) is 34.6 Å². The molecule has 0 bridgehead atoms. The van der Waals surface area contributed by atoms with E-state index in [2.05, 4.69) is 19.2 Å².